The summed E-state index contributed by atoms with van der Waals surface area (Å²) in [5, 5.41) is 0.400. The normalized spacial score (nSPS) is 27.9. The number of nitrogens with two attached hydrogens (primary N) is 1. The second-order valence-electron chi connectivity index (χ2n) is 6.63. The van der Waals surface area contributed by atoms with E-state index in [1.54, 1.807) is 12.1 Å². The molecule has 0 bridgehead atoms. The number of hydrogen-bond donors (Lipinski definition) is 2. The van der Waals surface area contributed by atoms with Gasteiger partial charge < -0.3 is 5.73 Å². The fraction of sp³-hybridized carbons (Fsp3) is 0.571. The van der Waals surface area contributed by atoms with Crippen LogP contribution in [0.4, 0.5) is 0 Å². The first-order valence-electron chi connectivity index (χ1n) is 6.53. The Bertz CT molecular complexity index is 610. The van der Waals surface area contributed by atoms with Gasteiger partial charge in [0.25, 0.3) is 0 Å². The number of rotatable bonds is 3. The highest BCUT2D eigenvalue weighted by Gasteiger charge is 2.61. The average molecular weight is 317 g/mol. The van der Waals surface area contributed by atoms with Gasteiger partial charge in [0.1, 0.15) is 0 Å². The van der Waals surface area contributed by atoms with Gasteiger partial charge in [-0.25, -0.2) is 13.1 Å². The molecule has 0 unspecified atom stereocenters. The maximum absolute atomic E-state index is 12.5. The second kappa shape index (κ2) is 4.70. The minimum absolute atomic E-state index is 0.0536. The lowest BCUT2D eigenvalue weighted by atomic mass is 9.49. The van der Waals surface area contributed by atoms with Crippen molar-refractivity contribution in [2.45, 2.75) is 44.7 Å². The van der Waals surface area contributed by atoms with Gasteiger partial charge in [0.2, 0.25) is 10.0 Å². The smallest absolute Gasteiger partial charge is 0.240 e. The van der Waals surface area contributed by atoms with Crippen LogP contribution in [-0.2, 0) is 10.0 Å². The molecule has 0 atom stereocenters. The van der Waals surface area contributed by atoms with E-state index >= 15 is 0 Å². The molecule has 0 amide bonds. The molecule has 1 saturated carbocycles. The number of nitrogens with one attached hydrogen (secondary N) is 1. The van der Waals surface area contributed by atoms with Crippen molar-refractivity contribution in [3.63, 3.8) is 0 Å². The molecule has 20 heavy (non-hydrogen) atoms. The van der Waals surface area contributed by atoms with Crippen LogP contribution in [0.2, 0.25) is 5.02 Å². The zero-order valence-corrected chi connectivity index (χ0v) is 13.7. The molecule has 0 aliphatic heterocycles. The van der Waals surface area contributed by atoms with Gasteiger partial charge in [0.05, 0.1) is 4.90 Å². The van der Waals surface area contributed by atoms with Gasteiger partial charge in [0, 0.05) is 17.1 Å². The van der Waals surface area contributed by atoms with Gasteiger partial charge in [-0.15, -0.1) is 0 Å². The fourth-order valence-electron chi connectivity index (χ4n) is 3.34. The van der Waals surface area contributed by atoms with E-state index in [-0.39, 0.29) is 27.8 Å². The molecule has 2 rings (SSSR count). The van der Waals surface area contributed by atoms with Crippen molar-refractivity contribution in [2.24, 2.45) is 16.6 Å². The molecule has 0 saturated heterocycles. The number of benzene rings is 1. The van der Waals surface area contributed by atoms with Crippen molar-refractivity contribution in [3.8, 4) is 0 Å². The van der Waals surface area contributed by atoms with Crippen molar-refractivity contribution in [3.05, 3.63) is 29.3 Å². The van der Waals surface area contributed by atoms with Crippen LogP contribution in [0, 0.1) is 10.8 Å². The summed E-state index contributed by atoms with van der Waals surface area (Å²) >= 11 is 5.86. The monoisotopic (exact) mass is 316 g/mol. The Morgan fingerprint density at radius 1 is 1.20 bits per heavy atom. The van der Waals surface area contributed by atoms with Crippen LogP contribution in [0.25, 0.3) is 0 Å². The molecule has 6 heteroatoms. The maximum Gasteiger partial charge on any atom is 0.240 e. The summed E-state index contributed by atoms with van der Waals surface area (Å²) in [6.07, 6.45) is 0. The SMILES string of the molecule is CC1(C)C(N)C(C)(C)C1NS(=O)(=O)c1cccc(Cl)c1. The van der Waals surface area contributed by atoms with Crippen LogP contribution >= 0.6 is 11.6 Å². The lowest BCUT2D eigenvalue weighted by molar-refractivity contribution is -0.0593. The Kier molecular flexibility index (Phi) is 3.70. The molecule has 0 aromatic heterocycles. The zero-order valence-electron chi connectivity index (χ0n) is 12.1. The summed E-state index contributed by atoms with van der Waals surface area (Å²) in [6.45, 7) is 7.92. The summed E-state index contributed by atoms with van der Waals surface area (Å²) in [7, 11) is -3.60. The van der Waals surface area contributed by atoms with Crippen LogP contribution in [0.3, 0.4) is 0 Å². The minimum atomic E-state index is -3.60. The summed E-state index contributed by atoms with van der Waals surface area (Å²) in [5.41, 5.74) is 5.58. The Balaban J connectivity index is 2.30. The predicted molar refractivity (Wildman–Crippen MR) is 81.1 cm³/mol. The third-order valence-electron chi connectivity index (χ3n) is 4.47. The van der Waals surface area contributed by atoms with Gasteiger partial charge in [-0.1, -0.05) is 45.4 Å². The van der Waals surface area contributed by atoms with Crippen molar-refractivity contribution in [1.29, 1.82) is 0 Å². The fourth-order valence-corrected chi connectivity index (χ4v) is 5.19. The van der Waals surface area contributed by atoms with Crippen LogP contribution in [0.1, 0.15) is 27.7 Å². The van der Waals surface area contributed by atoms with Crippen LogP contribution in [-0.4, -0.2) is 20.5 Å². The lowest BCUT2D eigenvalue weighted by Crippen LogP contribution is -2.75. The molecule has 1 aliphatic carbocycles. The Morgan fingerprint density at radius 2 is 1.75 bits per heavy atom. The summed E-state index contributed by atoms with van der Waals surface area (Å²) < 4.78 is 27.7. The Morgan fingerprint density at radius 3 is 2.25 bits per heavy atom. The molecule has 1 aromatic rings. The second-order valence-corrected chi connectivity index (χ2v) is 8.78. The molecule has 0 spiro atoms. The van der Waals surface area contributed by atoms with Gasteiger partial charge >= 0.3 is 0 Å². The minimum Gasteiger partial charge on any atom is -0.327 e. The van der Waals surface area contributed by atoms with Gasteiger partial charge in [-0.2, -0.15) is 0 Å². The van der Waals surface area contributed by atoms with Gasteiger partial charge in [0.15, 0.2) is 0 Å². The topological polar surface area (TPSA) is 72.2 Å². The lowest BCUT2D eigenvalue weighted by Gasteiger charge is -2.62. The Hall–Kier alpha value is -0.620. The highest BCUT2D eigenvalue weighted by atomic mass is 35.5. The zero-order chi connectivity index (χ0) is 15.3. The first-order chi connectivity index (χ1) is 8.99. The van der Waals surface area contributed by atoms with E-state index < -0.39 is 10.0 Å². The summed E-state index contributed by atoms with van der Waals surface area (Å²) in [6, 6.07) is 5.99. The van der Waals surface area contributed by atoms with E-state index in [1.165, 1.54) is 12.1 Å². The first-order valence-corrected chi connectivity index (χ1v) is 8.39. The highest BCUT2D eigenvalue weighted by Crippen LogP contribution is 2.52. The van der Waals surface area contributed by atoms with Crippen molar-refractivity contribution < 1.29 is 8.42 Å². The predicted octanol–water partition coefficient (Wildman–Crippen LogP) is 2.38. The van der Waals surface area contributed by atoms with E-state index in [2.05, 4.69) is 4.72 Å². The van der Waals surface area contributed by atoms with E-state index in [4.69, 9.17) is 17.3 Å². The molecule has 0 radical (unpaired) electrons. The Labute approximate surface area is 125 Å². The maximum atomic E-state index is 12.5. The van der Waals surface area contributed by atoms with E-state index in [0.717, 1.165) is 0 Å². The van der Waals surface area contributed by atoms with Crippen LogP contribution in [0.5, 0.6) is 0 Å². The van der Waals surface area contributed by atoms with Crippen LogP contribution in [0.15, 0.2) is 29.2 Å². The molecule has 0 heterocycles. The third kappa shape index (κ3) is 2.37. The summed E-state index contributed by atoms with van der Waals surface area (Å²) in [5.74, 6) is 0. The molecule has 1 aromatic carbocycles. The number of sulfonamides is 1. The van der Waals surface area contributed by atoms with Crippen LogP contribution < -0.4 is 10.5 Å². The first kappa shape index (κ1) is 15.8. The molecule has 3 N–H and O–H groups in total. The quantitative estimate of drug-likeness (QED) is 0.899. The number of halogens is 1. The van der Waals surface area contributed by atoms with Gasteiger partial charge in [-0.3, -0.25) is 0 Å². The highest BCUT2D eigenvalue weighted by molar-refractivity contribution is 7.89. The standard InChI is InChI=1S/C14H21ClN2O2S/c1-13(2)11(16)14(3,4)12(13)17-20(18,19)10-7-5-6-9(15)8-10/h5-8,11-12,17H,16H2,1-4H3. The molecular formula is C14H21ClN2O2S. The van der Waals surface area contributed by atoms with E-state index in [0.29, 0.717) is 5.02 Å². The molecular weight excluding hydrogens is 296 g/mol. The van der Waals surface area contributed by atoms with E-state index in [1.807, 2.05) is 27.7 Å². The molecule has 112 valence electrons. The average Bonchev–Trinajstić information content (AvgIpc) is 2.35. The van der Waals surface area contributed by atoms with Crippen molar-refractivity contribution in [2.75, 3.05) is 0 Å². The number of hydrogen-bond acceptors (Lipinski definition) is 3. The summed E-state index contributed by atoms with van der Waals surface area (Å²) in [4.78, 5) is 0.178. The van der Waals surface area contributed by atoms with Gasteiger partial charge in [-0.05, 0) is 29.0 Å². The third-order valence-corrected chi connectivity index (χ3v) is 6.13. The largest absolute Gasteiger partial charge is 0.327 e. The van der Waals surface area contributed by atoms with Crippen molar-refractivity contribution >= 4 is 21.6 Å². The molecule has 1 fully saturated rings. The molecule has 4 nitrogen and oxygen atoms in total. The van der Waals surface area contributed by atoms with E-state index in [9.17, 15) is 8.42 Å². The molecule has 1 aliphatic rings. The van der Waals surface area contributed by atoms with Crippen molar-refractivity contribution in [1.82, 2.24) is 4.72 Å².